The molecule has 0 spiro atoms. The van der Waals surface area contributed by atoms with E-state index in [0.29, 0.717) is 11.3 Å². The Balaban J connectivity index is 1.71. The maximum Gasteiger partial charge on any atom is 0.335 e. The van der Waals surface area contributed by atoms with Gasteiger partial charge in [-0.05, 0) is 35.4 Å². The molecule has 1 heterocycles. The highest BCUT2D eigenvalue weighted by molar-refractivity contribution is 6.01. The van der Waals surface area contributed by atoms with Crippen molar-refractivity contribution in [3.8, 4) is 0 Å². The molecule has 6 nitrogen and oxygen atoms in total. The van der Waals surface area contributed by atoms with Crippen LogP contribution in [0.15, 0.2) is 42.5 Å². The van der Waals surface area contributed by atoms with Crippen molar-refractivity contribution < 1.29 is 23.9 Å². The summed E-state index contributed by atoms with van der Waals surface area (Å²) in [6.45, 7) is 0.202. The molecule has 0 aliphatic carbocycles. The molecule has 1 aliphatic rings. The number of carbonyl (C=O) groups excluding carboxylic acids is 2. The lowest BCUT2D eigenvalue weighted by Gasteiger charge is -2.24. The fourth-order valence-corrected chi connectivity index (χ4v) is 2.75. The highest BCUT2D eigenvalue weighted by atomic mass is 19.1. The Morgan fingerprint density at radius 3 is 2.60 bits per heavy atom. The minimum atomic E-state index is -1.02. The molecule has 0 fully saturated rings. The van der Waals surface area contributed by atoms with E-state index in [1.165, 1.54) is 30.3 Å². The van der Waals surface area contributed by atoms with E-state index < -0.39 is 17.7 Å². The highest BCUT2D eigenvalue weighted by Crippen LogP contribution is 2.32. The summed E-state index contributed by atoms with van der Waals surface area (Å²) in [6.07, 6.45) is -0.0115. The summed E-state index contributed by atoms with van der Waals surface area (Å²) in [7, 11) is 0. The van der Waals surface area contributed by atoms with Gasteiger partial charge >= 0.3 is 5.97 Å². The zero-order chi connectivity index (χ0) is 18.0. The summed E-state index contributed by atoms with van der Waals surface area (Å²) in [5.74, 6) is -2.89. The second-order valence-corrected chi connectivity index (χ2v) is 5.76. The predicted octanol–water partition coefficient (Wildman–Crippen LogP) is 2.27. The molecule has 2 aromatic carbocycles. The zero-order valence-corrected chi connectivity index (χ0v) is 13.1. The third-order valence-corrected chi connectivity index (χ3v) is 4.04. The molecule has 1 aliphatic heterocycles. The number of hydrogen-bond donors (Lipinski definition) is 3. The second kappa shape index (κ2) is 6.72. The maximum absolute atomic E-state index is 13.3. The van der Waals surface area contributed by atoms with Gasteiger partial charge < -0.3 is 15.7 Å². The van der Waals surface area contributed by atoms with Crippen molar-refractivity contribution >= 4 is 23.5 Å². The van der Waals surface area contributed by atoms with E-state index in [1.807, 2.05) is 0 Å². The lowest BCUT2D eigenvalue weighted by atomic mass is 9.89. The van der Waals surface area contributed by atoms with E-state index in [4.69, 9.17) is 5.11 Å². The standard InChI is InChI=1S/C18H15FN2O4/c19-12-5-6-13-14(8-16(22)21-15(13)7-12)17(23)20-9-10-1-3-11(4-2-10)18(24)25/h1-7,14H,8-9H2,(H,20,23)(H,21,22)(H,24,25). The Bertz CT molecular complexity index is 849. The number of carboxylic acid groups (broad SMARTS) is 1. The summed E-state index contributed by atoms with van der Waals surface area (Å²) in [4.78, 5) is 35.0. The minimum absolute atomic E-state index is 0.0115. The fraction of sp³-hybridized carbons (Fsp3) is 0.167. The molecule has 2 aromatic rings. The number of anilines is 1. The average Bonchev–Trinajstić information content (AvgIpc) is 2.58. The summed E-state index contributed by atoms with van der Waals surface area (Å²) < 4.78 is 13.3. The predicted molar refractivity (Wildman–Crippen MR) is 87.6 cm³/mol. The first-order chi connectivity index (χ1) is 11.9. The van der Waals surface area contributed by atoms with Crippen LogP contribution >= 0.6 is 0 Å². The Kier molecular flexibility index (Phi) is 4.47. The van der Waals surface area contributed by atoms with Crippen LogP contribution in [0.1, 0.15) is 33.8 Å². The molecule has 1 atom stereocenters. The molecule has 0 aromatic heterocycles. The van der Waals surface area contributed by atoms with Crippen molar-refractivity contribution in [2.75, 3.05) is 5.32 Å². The lowest BCUT2D eigenvalue weighted by molar-refractivity contribution is -0.126. The third kappa shape index (κ3) is 3.65. The molecule has 0 radical (unpaired) electrons. The van der Waals surface area contributed by atoms with Crippen LogP contribution < -0.4 is 10.6 Å². The second-order valence-electron chi connectivity index (χ2n) is 5.76. The van der Waals surface area contributed by atoms with Gasteiger partial charge in [-0.3, -0.25) is 9.59 Å². The minimum Gasteiger partial charge on any atom is -0.478 e. The topological polar surface area (TPSA) is 95.5 Å². The Labute approximate surface area is 142 Å². The number of fused-ring (bicyclic) bond motifs is 1. The van der Waals surface area contributed by atoms with E-state index in [0.717, 1.165) is 5.56 Å². The molecule has 3 N–H and O–H groups in total. The van der Waals surface area contributed by atoms with Gasteiger partial charge in [-0.1, -0.05) is 18.2 Å². The van der Waals surface area contributed by atoms with Crippen LogP contribution in [0.3, 0.4) is 0 Å². The van der Waals surface area contributed by atoms with E-state index in [2.05, 4.69) is 10.6 Å². The monoisotopic (exact) mass is 342 g/mol. The van der Waals surface area contributed by atoms with E-state index in [1.54, 1.807) is 12.1 Å². The average molecular weight is 342 g/mol. The molecule has 128 valence electrons. The number of benzene rings is 2. The van der Waals surface area contributed by atoms with Gasteiger partial charge in [0.1, 0.15) is 5.82 Å². The number of amides is 2. The van der Waals surface area contributed by atoms with Gasteiger partial charge in [-0.2, -0.15) is 0 Å². The van der Waals surface area contributed by atoms with E-state index in [-0.39, 0.29) is 30.3 Å². The van der Waals surface area contributed by atoms with Gasteiger partial charge in [0, 0.05) is 18.7 Å². The van der Waals surface area contributed by atoms with Gasteiger partial charge in [0.05, 0.1) is 11.5 Å². The summed E-state index contributed by atoms with van der Waals surface area (Å²) >= 11 is 0. The number of aromatic carboxylic acids is 1. The van der Waals surface area contributed by atoms with Crippen molar-refractivity contribution in [2.45, 2.75) is 18.9 Å². The van der Waals surface area contributed by atoms with Crippen molar-refractivity contribution in [1.82, 2.24) is 5.32 Å². The van der Waals surface area contributed by atoms with Gasteiger partial charge in [0.15, 0.2) is 0 Å². The van der Waals surface area contributed by atoms with Crippen molar-refractivity contribution in [3.63, 3.8) is 0 Å². The van der Waals surface area contributed by atoms with Gasteiger partial charge in [0.2, 0.25) is 11.8 Å². The molecule has 0 saturated heterocycles. The molecule has 7 heteroatoms. The number of carbonyl (C=O) groups is 3. The van der Waals surface area contributed by atoms with Crippen LogP contribution in [-0.4, -0.2) is 22.9 Å². The van der Waals surface area contributed by atoms with E-state index in [9.17, 15) is 18.8 Å². The number of halogens is 1. The van der Waals surface area contributed by atoms with Crippen LogP contribution in [0.25, 0.3) is 0 Å². The lowest BCUT2D eigenvalue weighted by Crippen LogP contribution is -2.34. The largest absolute Gasteiger partial charge is 0.478 e. The summed E-state index contributed by atoms with van der Waals surface area (Å²) in [6, 6.07) is 10.1. The summed E-state index contributed by atoms with van der Waals surface area (Å²) in [5.41, 5.74) is 1.77. The van der Waals surface area contributed by atoms with Crippen molar-refractivity contribution in [2.24, 2.45) is 0 Å². The van der Waals surface area contributed by atoms with Gasteiger partial charge in [0.25, 0.3) is 0 Å². The van der Waals surface area contributed by atoms with Crippen LogP contribution in [0.4, 0.5) is 10.1 Å². The Morgan fingerprint density at radius 1 is 1.20 bits per heavy atom. The molecule has 2 amide bonds. The van der Waals surface area contributed by atoms with Crippen molar-refractivity contribution in [3.05, 3.63) is 65.0 Å². The zero-order valence-electron chi connectivity index (χ0n) is 13.1. The first-order valence-corrected chi connectivity index (χ1v) is 7.63. The molecule has 3 rings (SSSR count). The molecule has 0 saturated carbocycles. The molecular weight excluding hydrogens is 327 g/mol. The Hall–Kier alpha value is -3.22. The third-order valence-electron chi connectivity index (χ3n) is 4.04. The molecule has 0 bridgehead atoms. The van der Waals surface area contributed by atoms with E-state index >= 15 is 0 Å². The molecule has 25 heavy (non-hydrogen) atoms. The maximum atomic E-state index is 13.3. The molecule has 1 unspecified atom stereocenters. The summed E-state index contributed by atoms with van der Waals surface area (Å²) in [5, 5.41) is 14.2. The Morgan fingerprint density at radius 2 is 1.92 bits per heavy atom. The number of carboxylic acids is 1. The van der Waals surface area contributed by atoms with Gasteiger partial charge in [-0.15, -0.1) is 0 Å². The van der Waals surface area contributed by atoms with Crippen LogP contribution in [0, 0.1) is 5.82 Å². The fourth-order valence-electron chi connectivity index (χ4n) is 2.75. The first-order valence-electron chi connectivity index (χ1n) is 7.63. The smallest absolute Gasteiger partial charge is 0.335 e. The molecular formula is C18H15FN2O4. The van der Waals surface area contributed by atoms with Gasteiger partial charge in [-0.25, -0.2) is 9.18 Å². The number of rotatable bonds is 4. The van der Waals surface area contributed by atoms with Crippen LogP contribution in [-0.2, 0) is 16.1 Å². The van der Waals surface area contributed by atoms with Crippen LogP contribution in [0.2, 0.25) is 0 Å². The van der Waals surface area contributed by atoms with Crippen LogP contribution in [0.5, 0.6) is 0 Å². The first kappa shape index (κ1) is 16.6. The number of nitrogens with one attached hydrogen (secondary N) is 2. The number of hydrogen-bond acceptors (Lipinski definition) is 3. The highest BCUT2D eigenvalue weighted by Gasteiger charge is 2.30. The quantitative estimate of drug-likeness (QED) is 0.794. The van der Waals surface area contributed by atoms with Crippen molar-refractivity contribution in [1.29, 1.82) is 0 Å². The normalized spacial score (nSPS) is 15.9. The SMILES string of the molecule is O=C1CC(C(=O)NCc2ccc(C(=O)O)cc2)c2ccc(F)cc2N1.